The molecule has 174 valence electrons. The van der Waals surface area contributed by atoms with Crippen LogP contribution in [0.15, 0.2) is 77.7 Å². The van der Waals surface area contributed by atoms with Crippen LogP contribution in [0.1, 0.15) is 16.7 Å². The van der Waals surface area contributed by atoms with Gasteiger partial charge in [0.2, 0.25) is 9.84 Å². The zero-order valence-electron chi connectivity index (χ0n) is 18.5. The van der Waals surface area contributed by atoms with Crippen molar-refractivity contribution < 1.29 is 18.0 Å². The molecular weight excluding hydrogens is 452 g/mol. The van der Waals surface area contributed by atoms with E-state index in [4.69, 9.17) is 0 Å². The summed E-state index contributed by atoms with van der Waals surface area (Å²) in [5.41, 5.74) is 3.71. The molecule has 2 aliphatic heterocycles. The highest BCUT2D eigenvalue weighted by molar-refractivity contribution is 7.92. The third kappa shape index (κ3) is 3.58. The Hall–Kier alpha value is -3.85. The normalized spacial score (nSPS) is 19.3. The zero-order valence-corrected chi connectivity index (χ0v) is 19.4. The summed E-state index contributed by atoms with van der Waals surface area (Å²) in [6.45, 7) is 2.34. The maximum absolute atomic E-state index is 13.8. The van der Waals surface area contributed by atoms with E-state index in [9.17, 15) is 18.0 Å². The topological polar surface area (TPSA) is 108 Å². The van der Waals surface area contributed by atoms with Gasteiger partial charge < -0.3 is 16.0 Å². The number of fused-ring (bicyclic) bond motifs is 1. The monoisotopic (exact) mass is 476 g/mol. The predicted molar refractivity (Wildman–Crippen MR) is 130 cm³/mol. The molecule has 1 atom stereocenters. The van der Waals surface area contributed by atoms with Crippen molar-refractivity contribution in [1.29, 1.82) is 0 Å². The van der Waals surface area contributed by atoms with Crippen molar-refractivity contribution in [3.05, 3.63) is 89.5 Å². The summed E-state index contributed by atoms with van der Waals surface area (Å²) in [6.07, 6.45) is 0.531. The van der Waals surface area contributed by atoms with Crippen LogP contribution >= 0.6 is 0 Å². The molecule has 4 amide bonds. The van der Waals surface area contributed by atoms with Crippen LogP contribution in [0.3, 0.4) is 0 Å². The first kappa shape index (κ1) is 22.0. The fraction of sp³-hybridized carbons (Fsp3) is 0.200. The molecule has 0 spiro atoms. The van der Waals surface area contributed by atoms with Crippen molar-refractivity contribution in [2.24, 2.45) is 0 Å². The summed E-state index contributed by atoms with van der Waals surface area (Å²) in [5, 5.41) is 8.12. The number of rotatable bonds is 4. The van der Waals surface area contributed by atoms with Gasteiger partial charge in [-0.3, -0.25) is 4.90 Å². The second-order valence-corrected chi connectivity index (χ2v) is 10.7. The van der Waals surface area contributed by atoms with Crippen molar-refractivity contribution in [1.82, 2.24) is 10.6 Å². The van der Waals surface area contributed by atoms with Crippen molar-refractivity contribution in [3.63, 3.8) is 0 Å². The van der Waals surface area contributed by atoms with Gasteiger partial charge in [-0.05, 0) is 54.8 Å². The summed E-state index contributed by atoms with van der Waals surface area (Å²) in [4.78, 5) is 25.0. The van der Waals surface area contributed by atoms with Crippen molar-refractivity contribution in [2.45, 2.75) is 23.1 Å². The van der Waals surface area contributed by atoms with Crippen LogP contribution in [0.25, 0.3) is 0 Å². The molecule has 0 bridgehead atoms. The number of aryl methyl sites for hydroxylation is 1. The van der Waals surface area contributed by atoms with E-state index in [1.54, 1.807) is 47.4 Å². The van der Waals surface area contributed by atoms with Crippen LogP contribution in [-0.2, 0) is 21.1 Å². The molecule has 9 heteroatoms. The molecule has 2 aliphatic rings. The highest BCUT2D eigenvalue weighted by Crippen LogP contribution is 2.38. The van der Waals surface area contributed by atoms with Gasteiger partial charge in [-0.1, -0.05) is 48.0 Å². The van der Waals surface area contributed by atoms with Crippen LogP contribution in [0, 0.1) is 6.92 Å². The molecule has 0 saturated carbocycles. The minimum Gasteiger partial charge on any atom is -0.334 e. The molecule has 1 unspecified atom stereocenters. The number of hydrogen-bond acceptors (Lipinski definition) is 4. The molecular formula is C25H24N4O4S. The Morgan fingerprint density at radius 2 is 1.76 bits per heavy atom. The van der Waals surface area contributed by atoms with Gasteiger partial charge in [-0.2, -0.15) is 0 Å². The second-order valence-electron chi connectivity index (χ2n) is 8.49. The van der Waals surface area contributed by atoms with E-state index in [0.717, 1.165) is 11.1 Å². The van der Waals surface area contributed by atoms with E-state index in [1.165, 1.54) is 6.07 Å². The third-order valence-corrected chi connectivity index (χ3v) is 8.59. The fourth-order valence-electron chi connectivity index (χ4n) is 4.46. The van der Waals surface area contributed by atoms with Crippen molar-refractivity contribution >= 4 is 33.3 Å². The smallest absolute Gasteiger partial charge is 0.326 e. The van der Waals surface area contributed by atoms with E-state index < -0.39 is 20.7 Å². The van der Waals surface area contributed by atoms with Crippen LogP contribution in [0.5, 0.6) is 0 Å². The highest BCUT2D eigenvalue weighted by Gasteiger charge is 2.51. The average molecular weight is 477 g/mol. The number of carbonyl (C=O) groups is 2. The zero-order chi connectivity index (χ0) is 23.9. The molecule has 3 aromatic rings. The first-order chi connectivity index (χ1) is 16.3. The quantitative estimate of drug-likeness (QED) is 0.535. The van der Waals surface area contributed by atoms with Crippen LogP contribution in [0.4, 0.5) is 21.0 Å². The maximum atomic E-state index is 13.8. The summed E-state index contributed by atoms with van der Waals surface area (Å²) in [5.74, 6) is 0. The predicted octanol–water partition coefficient (Wildman–Crippen LogP) is 3.53. The van der Waals surface area contributed by atoms with E-state index in [1.807, 2.05) is 31.2 Å². The Bertz CT molecular complexity index is 1370. The van der Waals surface area contributed by atoms with Gasteiger partial charge in [0.1, 0.15) is 0 Å². The largest absolute Gasteiger partial charge is 0.334 e. The number of sulfone groups is 1. The Kier molecular flexibility index (Phi) is 5.28. The van der Waals surface area contributed by atoms with E-state index >= 15 is 0 Å². The molecule has 2 heterocycles. The summed E-state index contributed by atoms with van der Waals surface area (Å²) >= 11 is 0. The molecule has 1 fully saturated rings. The third-order valence-electron chi connectivity index (χ3n) is 6.32. The summed E-state index contributed by atoms with van der Waals surface area (Å²) in [7, 11) is -4.01. The lowest BCUT2D eigenvalue weighted by molar-refractivity contribution is 0.246. The number of nitrogens with zero attached hydrogens (tertiary/aromatic N) is 1. The van der Waals surface area contributed by atoms with Gasteiger partial charge in [0, 0.05) is 17.9 Å². The Morgan fingerprint density at radius 3 is 2.44 bits per heavy atom. The number of benzene rings is 3. The molecule has 3 aromatic carbocycles. The molecule has 34 heavy (non-hydrogen) atoms. The molecule has 5 rings (SSSR count). The second kappa shape index (κ2) is 8.18. The highest BCUT2D eigenvalue weighted by atomic mass is 32.2. The standard InChI is InChI=1S/C25H24N4O4S/c1-17-7-9-20(10-8-17)27-24(31)29-14-13-18-15-21(11-12-22(18)29)34(32,33)25(16-26-23(30)28-25)19-5-3-2-4-6-19/h2-12,15H,13-14,16H2,1H3,(H,27,31)(H2,26,28,30). The molecule has 0 aliphatic carbocycles. The molecule has 1 saturated heterocycles. The number of nitrogens with one attached hydrogen (secondary N) is 3. The Morgan fingerprint density at radius 1 is 1.03 bits per heavy atom. The average Bonchev–Trinajstić information content (AvgIpc) is 3.45. The van der Waals surface area contributed by atoms with E-state index in [0.29, 0.717) is 29.9 Å². The van der Waals surface area contributed by atoms with E-state index in [2.05, 4.69) is 16.0 Å². The lowest BCUT2D eigenvalue weighted by Crippen LogP contribution is -2.47. The van der Waals surface area contributed by atoms with Crippen LogP contribution < -0.4 is 20.9 Å². The molecule has 0 aromatic heterocycles. The first-order valence-corrected chi connectivity index (χ1v) is 12.4. The lowest BCUT2D eigenvalue weighted by atomic mass is 10.1. The van der Waals surface area contributed by atoms with Crippen molar-refractivity contribution in [2.75, 3.05) is 23.3 Å². The van der Waals surface area contributed by atoms with Gasteiger partial charge in [0.25, 0.3) is 0 Å². The summed E-state index contributed by atoms with van der Waals surface area (Å²) in [6, 6.07) is 20.1. The van der Waals surface area contributed by atoms with Crippen molar-refractivity contribution in [3.8, 4) is 0 Å². The fourth-order valence-corrected chi connectivity index (χ4v) is 6.34. The van der Waals surface area contributed by atoms with Crippen LogP contribution in [-0.4, -0.2) is 33.6 Å². The molecule has 8 nitrogen and oxygen atoms in total. The Balaban J connectivity index is 1.46. The lowest BCUT2D eigenvalue weighted by Gasteiger charge is -2.28. The molecule has 0 radical (unpaired) electrons. The summed E-state index contributed by atoms with van der Waals surface area (Å²) < 4.78 is 27.7. The van der Waals surface area contributed by atoms with Gasteiger partial charge in [-0.15, -0.1) is 0 Å². The van der Waals surface area contributed by atoms with Crippen LogP contribution in [0.2, 0.25) is 0 Å². The maximum Gasteiger partial charge on any atom is 0.326 e. The number of carbonyl (C=O) groups excluding carboxylic acids is 2. The number of urea groups is 2. The minimum absolute atomic E-state index is 0.0830. The first-order valence-electron chi connectivity index (χ1n) is 10.9. The van der Waals surface area contributed by atoms with E-state index in [-0.39, 0.29) is 17.5 Å². The SMILES string of the molecule is Cc1ccc(NC(=O)N2CCc3cc(S(=O)(=O)C4(c5ccccc5)CNC(=O)N4)ccc32)cc1. The van der Waals surface area contributed by atoms with Gasteiger partial charge >= 0.3 is 12.1 Å². The van der Waals surface area contributed by atoms with Gasteiger partial charge in [-0.25, -0.2) is 18.0 Å². The molecule has 3 N–H and O–H groups in total. The number of anilines is 2. The Labute approximate surface area is 197 Å². The number of hydrogen-bond donors (Lipinski definition) is 3. The minimum atomic E-state index is -4.01. The van der Waals surface area contributed by atoms with Gasteiger partial charge in [0.15, 0.2) is 4.87 Å². The number of amides is 4. The van der Waals surface area contributed by atoms with Gasteiger partial charge in [0.05, 0.1) is 11.4 Å².